The molecule has 0 saturated carbocycles. The average molecular weight is 763 g/mol. The number of allylic oxidation sites excluding steroid dienone is 4. The Labute approximate surface area is 333 Å². The molecule has 0 aromatic heterocycles. The summed E-state index contributed by atoms with van der Waals surface area (Å²) < 4.78 is 16.4. The maximum Gasteiger partial charge on any atom is 0.407 e. The highest BCUT2D eigenvalue weighted by atomic mass is 16.6. The van der Waals surface area contributed by atoms with Crippen molar-refractivity contribution in [2.75, 3.05) is 26.4 Å². The summed E-state index contributed by atoms with van der Waals surface area (Å²) in [6.07, 6.45) is 41.4. The van der Waals surface area contributed by atoms with Crippen LogP contribution in [0.1, 0.15) is 214 Å². The van der Waals surface area contributed by atoms with Gasteiger partial charge in [-0.1, -0.05) is 155 Å². The number of hydrogen-bond donors (Lipinski definition) is 2. The largest absolute Gasteiger partial charge is 0.463 e. The molecule has 0 aliphatic rings. The van der Waals surface area contributed by atoms with Gasteiger partial charge in [-0.3, -0.25) is 9.59 Å². The van der Waals surface area contributed by atoms with Crippen molar-refractivity contribution < 1.29 is 28.6 Å². The molecule has 0 heterocycles. The highest BCUT2D eigenvalue weighted by Gasteiger charge is 2.19. The second-order valence-corrected chi connectivity index (χ2v) is 15.1. The lowest BCUT2D eigenvalue weighted by molar-refractivity contribution is -0.147. The number of carbonyl (C=O) groups excluding carboxylic acids is 3. The molecule has 0 radical (unpaired) electrons. The van der Waals surface area contributed by atoms with Crippen molar-refractivity contribution in [2.45, 2.75) is 226 Å². The molecule has 0 aromatic carbocycles. The molecule has 0 aliphatic carbocycles. The molecular weight excluding hydrogens is 677 g/mol. The molecule has 8 heteroatoms. The van der Waals surface area contributed by atoms with Crippen LogP contribution < -0.4 is 10.6 Å². The van der Waals surface area contributed by atoms with Gasteiger partial charge in [0.25, 0.3) is 0 Å². The number of nitrogens with one attached hydrogen (secondary N) is 2. The van der Waals surface area contributed by atoms with Crippen LogP contribution in [0, 0.1) is 0 Å². The first-order valence-corrected chi connectivity index (χ1v) is 22.7. The first kappa shape index (κ1) is 51.6. The monoisotopic (exact) mass is 763 g/mol. The zero-order valence-corrected chi connectivity index (χ0v) is 35.7. The molecule has 0 rings (SSSR count). The molecule has 316 valence electrons. The fourth-order valence-corrected chi connectivity index (χ4v) is 6.34. The number of ether oxygens (including phenoxy) is 3. The van der Waals surface area contributed by atoms with Gasteiger partial charge in [-0.05, 0) is 77.2 Å². The molecule has 0 aliphatic heterocycles. The Hall–Kier alpha value is -2.35. The third-order valence-corrected chi connectivity index (χ3v) is 9.90. The quantitative estimate of drug-likeness (QED) is 0.0277. The van der Waals surface area contributed by atoms with E-state index < -0.39 is 12.1 Å². The van der Waals surface area contributed by atoms with Crippen molar-refractivity contribution in [3.63, 3.8) is 0 Å². The maximum absolute atomic E-state index is 12.6. The maximum atomic E-state index is 12.6. The average Bonchev–Trinajstić information content (AvgIpc) is 3.17. The molecular formula is C46H86N2O6. The van der Waals surface area contributed by atoms with E-state index in [4.69, 9.17) is 14.2 Å². The highest BCUT2D eigenvalue weighted by Crippen LogP contribution is 2.12. The minimum atomic E-state index is -0.673. The van der Waals surface area contributed by atoms with Crippen molar-refractivity contribution in [2.24, 2.45) is 0 Å². The molecule has 54 heavy (non-hydrogen) atoms. The highest BCUT2D eigenvalue weighted by molar-refractivity contribution is 5.70. The molecule has 1 atom stereocenters. The fourth-order valence-electron chi connectivity index (χ4n) is 6.34. The summed E-state index contributed by atoms with van der Waals surface area (Å²) >= 11 is 0. The Bertz CT molecular complexity index is 852. The van der Waals surface area contributed by atoms with Gasteiger partial charge in [0, 0.05) is 18.9 Å². The number of unbranched alkanes of at least 4 members (excludes halogenated alkanes) is 22. The van der Waals surface area contributed by atoms with Crippen LogP contribution in [0.2, 0.25) is 0 Å². The first-order chi connectivity index (χ1) is 26.5. The molecule has 1 amide bonds. The van der Waals surface area contributed by atoms with E-state index in [1.165, 1.54) is 116 Å². The smallest absolute Gasteiger partial charge is 0.407 e. The normalized spacial score (nSPS) is 12.7. The predicted molar refractivity (Wildman–Crippen MR) is 227 cm³/mol. The SMILES string of the molecule is CCCCCCCCC=CCCCCCCCC(=O)OCC(COC(=O)CCCCCCCC=CCCCCCCCC)NC(=O)OCC(CC)NCC. The van der Waals surface area contributed by atoms with Gasteiger partial charge in [0.05, 0.1) is 0 Å². The summed E-state index contributed by atoms with van der Waals surface area (Å²) in [5.41, 5.74) is 0. The van der Waals surface area contributed by atoms with Crippen LogP contribution >= 0.6 is 0 Å². The van der Waals surface area contributed by atoms with Gasteiger partial charge in [-0.15, -0.1) is 0 Å². The molecule has 1 unspecified atom stereocenters. The fraction of sp³-hybridized carbons (Fsp3) is 0.848. The lowest BCUT2D eigenvalue weighted by atomic mass is 10.1. The lowest BCUT2D eigenvalue weighted by Gasteiger charge is -2.20. The number of esters is 2. The Morgan fingerprint density at radius 3 is 1.17 bits per heavy atom. The molecule has 0 saturated heterocycles. The summed E-state index contributed by atoms with van der Waals surface area (Å²) in [5.74, 6) is -0.601. The third-order valence-electron chi connectivity index (χ3n) is 9.90. The van der Waals surface area contributed by atoms with E-state index in [2.05, 4.69) is 48.8 Å². The van der Waals surface area contributed by atoms with Gasteiger partial charge in [-0.2, -0.15) is 0 Å². The van der Waals surface area contributed by atoms with Crippen LogP contribution in [0.15, 0.2) is 24.3 Å². The minimum Gasteiger partial charge on any atom is -0.463 e. The van der Waals surface area contributed by atoms with E-state index in [0.29, 0.717) is 12.8 Å². The van der Waals surface area contributed by atoms with Crippen LogP contribution in [0.25, 0.3) is 0 Å². The zero-order chi connectivity index (χ0) is 39.6. The van der Waals surface area contributed by atoms with Crippen molar-refractivity contribution in [3.8, 4) is 0 Å². The van der Waals surface area contributed by atoms with Gasteiger partial charge in [0.15, 0.2) is 0 Å². The number of amides is 1. The number of likely N-dealkylation sites (N-methyl/N-ethyl adjacent to an activating group) is 1. The van der Waals surface area contributed by atoms with E-state index in [1.54, 1.807) is 0 Å². The van der Waals surface area contributed by atoms with Crippen molar-refractivity contribution >= 4 is 18.0 Å². The summed E-state index contributed by atoms with van der Waals surface area (Å²) in [4.78, 5) is 37.6. The van der Waals surface area contributed by atoms with E-state index in [-0.39, 0.29) is 37.8 Å². The van der Waals surface area contributed by atoms with Crippen LogP contribution in [0.5, 0.6) is 0 Å². The van der Waals surface area contributed by atoms with Crippen molar-refractivity contribution in [1.82, 2.24) is 10.6 Å². The Morgan fingerprint density at radius 2 is 0.796 bits per heavy atom. The van der Waals surface area contributed by atoms with Gasteiger partial charge in [-0.25, -0.2) is 4.79 Å². The number of rotatable bonds is 40. The standard InChI is InChI=1S/C46H86N2O6/c1-5-9-11-13-15-17-19-21-23-25-27-29-31-33-35-37-44(49)52-40-43(48-46(51)54-39-42(7-3)47-8-4)41-53-45(50)38-36-34-32-30-28-26-24-22-20-18-16-14-12-10-6-2/h21-24,42-43,47H,5-20,25-41H2,1-4H3,(H,48,51). The van der Waals surface area contributed by atoms with Crippen LogP contribution in [-0.4, -0.2) is 56.5 Å². The Kier molecular flexibility index (Phi) is 40.0. The van der Waals surface area contributed by atoms with Gasteiger partial charge in [0.2, 0.25) is 0 Å². The molecule has 0 bridgehead atoms. The molecule has 8 nitrogen and oxygen atoms in total. The van der Waals surface area contributed by atoms with E-state index in [1.807, 2.05) is 13.8 Å². The summed E-state index contributed by atoms with van der Waals surface area (Å²) in [6, 6.07) is -0.611. The van der Waals surface area contributed by atoms with Crippen LogP contribution in [0.3, 0.4) is 0 Å². The summed E-state index contributed by atoms with van der Waals surface area (Å²) in [5, 5.41) is 6.02. The Balaban J connectivity index is 4.29. The molecule has 2 N–H and O–H groups in total. The van der Waals surface area contributed by atoms with Crippen molar-refractivity contribution in [1.29, 1.82) is 0 Å². The molecule has 0 spiro atoms. The van der Waals surface area contributed by atoms with Crippen molar-refractivity contribution in [3.05, 3.63) is 24.3 Å². The van der Waals surface area contributed by atoms with Gasteiger partial charge >= 0.3 is 18.0 Å². The van der Waals surface area contributed by atoms with Gasteiger partial charge < -0.3 is 24.8 Å². The third kappa shape index (κ3) is 37.9. The van der Waals surface area contributed by atoms with E-state index >= 15 is 0 Å². The first-order valence-electron chi connectivity index (χ1n) is 22.7. The zero-order valence-electron chi connectivity index (χ0n) is 35.7. The van der Waals surface area contributed by atoms with Gasteiger partial charge in [0.1, 0.15) is 25.9 Å². The van der Waals surface area contributed by atoms with Crippen LogP contribution in [0.4, 0.5) is 4.79 Å². The second kappa shape index (κ2) is 41.8. The summed E-state index contributed by atoms with van der Waals surface area (Å²) in [6.45, 7) is 9.44. The van der Waals surface area contributed by atoms with E-state index in [0.717, 1.165) is 64.3 Å². The number of hydrogen-bond acceptors (Lipinski definition) is 7. The summed E-state index contributed by atoms with van der Waals surface area (Å²) in [7, 11) is 0. The molecule has 0 fully saturated rings. The second-order valence-electron chi connectivity index (χ2n) is 15.1. The molecule has 0 aromatic rings. The van der Waals surface area contributed by atoms with Crippen LogP contribution in [-0.2, 0) is 23.8 Å². The lowest BCUT2D eigenvalue weighted by Crippen LogP contribution is -2.44. The Morgan fingerprint density at radius 1 is 0.444 bits per heavy atom. The topological polar surface area (TPSA) is 103 Å². The predicted octanol–water partition coefficient (Wildman–Crippen LogP) is 12.6. The number of carbonyl (C=O) groups is 3. The van der Waals surface area contributed by atoms with E-state index in [9.17, 15) is 14.4 Å². The number of alkyl carbamates (subject to hydrolysis) is 1. The minimum absolute atomic E-state index is 0.0626.